The zero-order chi connectivity index (χ0) is 15.2. The molecule has 1 saturated heterocycles. The van der Waals surface area contributed by atoms with Crippen LogP contribution in [0.5, 0.6) is 5.75 Å². The number of fused-ring (bicyclic) bond motifs is 2. The number of rotatable bonds is 1. The lowest BCUT2D eigenvalue weighted by atomic mass is 9.83. The molecule has 2 aliphatic heterocycles. The molecule has 0 saturated carbocycles. The molecule has 1 unspecified atom stereocenters. The van der Waals surface area contributed by atoms with Crippen molar-refractivity contribution in [2.24, 2.45) is 0 Å². The number of hydrogen-bond acceptors (Lipinski definition) is 3. The van der Waals surface area contributed by atoms with Gasteiger partial charge in [-0.3, -0.25) is 10.1 Å². The van der Waals surface area contributed by atoms with Gasteiger partial charge < -0.3 is 10.1 Å². The van der Waals surface area contributed by atoms with Crippen molar-refractivity contribution >= 4 is 11.9 Å². The number of benzene rings is 2. The third kappa shape index (κ3) is 1.79. The van der Waals surface area contributed by atoms with Crippen molar-refractivity contribution in [3.8, 4) is 16.9 Å². The summed E-state index contributed by atoms with van der Waals surface area (Å²) in [4.78, 5) is 23.9. The average Bonchev–Trinajstić information content (AvgIpc) is 2.83. The van der Waals surface area contributed by atoms with Gasteiger partial charge in [0.15, 0.2) is 5.54 Å². The molecular formula is C17H14N2O3. The Morgan fingerprint density at radius 2 is 1.82 bits per heavy atom. The van der Waals surface area contributed by atoms with Gasteiger partial charge in [-0.2, -0.15) is 0 Å². The highest BCUT2D eigenvalue weighted by molar-refractivity contribution is 6.08. The van der Waals surface area contributed by atoms with Crippen LogP contribution < -0.4 is 15.4 Å². The number of nitrogens with one attached hydrogen (secondary N) is 2. The van der Waals surface area contributed by atoms with E-state index in [4.69, 9.17) is 4.74 Å². The van der Waals surface area contributed by atoms with E-state index in [1.165, 1.54) is 0 Å². The highest BCUT2D eigenvalue weighted by atomic mass is 16.5. The summed E-state index contributed by atoms with van der Waals surface area (Å²) in [6, 6.07) is 15.2. The Labute approximate surface area is 127 Å². The van der Waals surface area contributed by atoms with E-state index >= 15 is 0 Å². The summed E-state index contributed by atoms with van der Waals surface area (Å²) in [6.45, 7) is 0.394. The predicted molar refractivity (Wildman–Crippen MR) is 80.3 cm³/mol. The molecule has 3 amide bonds. The summed E-state index contributed by atoms with van der Waals surface area (Å²) in [5, 5.41) is 5.11. The molecule has 2 aliphatic rings. The standard InChI is InChI=1S/C17H14N2O3/c20-15-17(19-16(21)18-15)8-9-22-14-7-6-12(10-13(14)17)11-4-2-1-3-5-11/h1-7,10H,8-9H2,(H2,18,19,20,21). The smallest absolute Gasteiger partial charge is 0.322 e. The van der Waals surface area contributed by atoms with E-state index in [2.05, 4.69) is 10.6 Å². The summed E-state index contributed by atoms with van der Waals surface area (Å²) in [6.07, 6.45) is 0.426. The molecule has 2 heterocycles. The molecule has 5 heteroatoms. The highest BCUT2D eigenvalue weighted by Crippen LogP contribution is 2.41. The lowest BCUT2D eigenvalue weighted by molar-refractivity contribution is -0.125. The van der Waals surface area contributed by atoms with Crippen LogP contribution in [0.1, 0.15) is 12.0 Å². The molecule has 0 aromatic heterocycles. The number of carbonyl (C=O) groups excluding carboxylic acids is 2. The van der Waals surface area contributed by atoms with Gasteiger partial charge in [-0.1, -0.05) is 36.4 Å². The normalized spacial score (nSPS) is 22.7. The minimum atomic E-state index is -1.02. The summed E-state index contributed by atoms with van der Waals surface area (Å²) in [5.41, 5.74) is 1.73. The minimum absolute atomic E-state index is 0.313. The largest absolute Gasteiger partial charge is 0.493 e. The molecule has 0 aliphatic carbocycles. The van der Waals surface area contributed by atoms with Crippen molar-refractivity contribution in [2.75, 3.05) is 6.61 Å². The van der Waals surface area contributed by atoms with Crippen LogP contribution in [0.3, 0.4) is 0 Å². The van der Waals surface area contributed by atoms with Gasteiger partial charge >= 0.3 is 6.03 Å². The second-order valence-corrected chi connectivity index (χ2v) is 5.49. The summed E-state index contributed by atoms with van der Waals surface area (Å²) in [5.74, 6) is 0.329. The highest BCUT2D eigenvalue weighted by Gasteiger charge is 2.50. The summed E-state index contributed by atoms with van der Waals surface area (Å²) >= 11 is 0. The van der Waals surface area contributed by atoms with Crippen LogP contribution in [0, 0.1) is 0 Å². The molecule has 1 spiro atoms. The average molecular weight is 294 g/mol. The molecule has 2 N–H and O–H groups in total. The second kappa shape index (κ2) is 4.59. The van der Waals surface area contributed by atoms with Gasteiger partial charge in [0, 0.05) is 12.0 Å². The first-order valence-electron chi connectivity index (χ1n) is 7.15. The van der Waals surface area contributed by atoms with Crippen LogP contribution >= 0.6 is 0 Å². The number of urea groups is 1. The fourth-order valence-corrected chi connectivity index (χ4v) is 3.11. The first-order valence-corrected chi connectivity index (χ1v) is 7.15. The van der Waals surface area contributed by atoms with Crippen LogP contribution in [-0.2, 0) is 10.3 Å². The summed E-state index contributed by atoms with van der Waals surface area (Å²) < 4.78 is 5.65. The maximum Gasteiger partial charge on any atom is 0.322 e. The van der Waals surface area contributed by atoms with E-state index in [0.717, 1.165) is 11.1 Å². The number of ether oxygens (including phenoxy) is 1. The predicted octanol–water partition coefficient (Wildman–Crippen LogP) is 2.17. The van der Waals surface area contributed by atoms with Gasteiger partial charge in [0.05, 0.1) is 6.61 Å². The first kappa shape index (κ1) is 12.9. The molecule has 1 fully saturated rings. The summed E-state index contributed by atoms with van der Waals surface area (Å²) in [7, 11) is 0. The van der Waals surface area contributed by atoms with Crippen LogP contribution in [-0.4, -0.2) is 18.5 Å². The van der Waals surface area contributed by atoms with Crippen molar-refractivity contribution in [2.45, 2.75) is 12.0 Å². The van der Waals surface area contributed by atoms with Gasteiger partial charge in [-0.25, -0.2) is 4.79 Å². The van der Waals surface area contributed by atoms with E-state index in [-0.39, 0.29) is 5.91 Å². The molecule has 2 aromatic carbocycles. The maximum absolute atomic E-state index is 12.3. The quantitative estimate of drug-likeness (QED) is 0.792. The van der Waals surface area contributed by atoms with Crippen molar-refractivity contribution in [1.29, 1.82) is 0 Å². The molecule has 0 radical (unpaired) electrons. The molecule has 1 atom stereocenters. The van der Waals surface area contributed by atoms with Gasteiger partial charge in [0.25, 0.3) is 5.91 Å². The Morgan fingerprint density at radius 1 is 1.00 bits per heavy atom. The number of hydrogen-bond donors (Lipinski definition) is 2. The maximum atomic E-state index is 12.3. The lowest BCUT2D eigenvalue weighted by Crippen LogP contribution is -2.47. The van der Waals surface area contributed by atoms with Crippen molar-refractivity contribution < 1.29 is 14.3 Å². The first-order chi connectivity index (χ1) is 10.7. The molecular weight excluding hydrogens is 280 g/mol. The monoisotopic (exact) mass is 294 g/mol. The fraction of sp³-hybridized carbons (Fsp3) is 0.176. The van der Waals surface area contributed by atoms with Crippen molar-refractivity contribution in [1.82, 2.24) is 10.6 Å². The van der Waals surface area contributed by atoms with E-state index in [1.54, 1.807) is 0 Å². The van der Waals surface area contributed by atoms with Crippen molar-refractivity contribution in [3.63, 3.8) is 0 Å². The van der Waals surface area contributed by atoms with E-state index in [9.17, 15) is 9.59 Å². The molecule has 4 rings (SSSR count). The van der Waals surface area contributed by atoms with Crippen molar-refractivity contribution in [3.05, 3.63) is 54.1 Å². The second-order valence-electron chi connectivity index (χ2n) is 5.49. The van der Waals surface area contributed by atoms with E-state index in [0.29, 0.717) is 24.3 Å². The Hall–Kier alpha value is -2.82. The van der Waals surface area contributed by atoms with Crippen LogP contribution in [0.25, 0.3) is 11.1 Å². The molecule has 5 nitrogen and oxygen atoms in total. The fourth-order valence-electron chi connectivity index (χ4n) is 3.11. The Balaban J connectivity index is 1.87. The number of imide groups is 1. The third-order valence-corrected chi connectivity index (χ3v) is 4.22. The van der Waals surface area contributed by atoms with E-state index in [1.807, 2.05) is 48.5 Å². The molecule has 2 aromatic rings. The Morgan fingerprint density at radius 3 is 2.55 bits per heavy atom. The third-order valence-electron chi connectivity index (χ3n) is 4.22. The lowest BCUT2D eigenvalue weighted by Gasteiger charge is -2.33. The number of amides is 3. The zero-order valence-electron chi connectivity index (χ0n) is 11.8. The molecule has 110 valence electrons. The Bertz CT molecular complexity index is 773. The zero-order valence-corrected chi connectivity index (χ0v) is 11.8. The minimum Gasteiger partial charge on any atom is -0.493 e. The Kier molecular flexibility index (Phi) is 2.69. The molecule has 0 bridgehead atoms. The van der Waals surface area contributed by atoms with Gasteiger partial charge in [-0.15, -0.1) is 0 Å². The number of carbonyl (C=O) groups is 2. The van der Waals surface area contributed by atoms with Gasteiger partial charge in [0.1, 0.15) is 5.75 Å². The van der Waals surface area contributed by atoms with Crippen LogP contribution in [0.2, 0.25) is 0 Å². The van der Waals surface area contributed by atoms with Crippen LogP contribution in [0.15, 0.2) is 48.5 Å². The SMILES string of the molecule is O=C1NC(=O)C2(CCOc3ccc(-c4ccccc4)cc32)N1. The van der Waals surface area contributed by atoms with Gasteiger partial charge in [0.2, 0.25) is 0 Å². The van der Waals surface area contributed by atoms with Crippen LogP contribution in [0.4, 0.5) is 4.79 Å². The molecule has 22 heavy (non-hydrogen) atoms. The van der Waals surface area contributed by atoms with E-state index < -0.39 is 11.6 Å². The van der Waals surface area contributed by atoms with Gasteiger partial charge in [-0.05, 0) is 23.3 Å². The topological polar surface area (TPSA) is 67.4 Å².